The summed E-state index contributed by atoms with van der Waals surface area (Å²) in [6.07, 6.45) is 5.44. The summed E-state index contributed by atoms with van der Waals surface area (Å²) in [5.74, 6) is 0.485. The molecular formula is C22H18ClN3O2S2. The number of nitrogens with zero attached hydrogens (tertiary/aromatic N) is 3. The molecule has 1 amide bonds. The average Bonchev–Trinajstić information content (AvgIpc) is 3.24. The van der Waals surface area contributed by atoms with E-state index in [9.17, 15) is 4.79 Å². The van der Waals surface area contributed by atoms with Crippen molar-refractivity contribution in [2.75, 3.05) is 18.3 Å². The van der Waals surface area contributed by atoms with Gasteiger partial charge in [0, 0.05) is 22.9 Å². The van der Waals surface area contributed by atoms with E-state index in [0.717, 1.165) is 15.2 Å². The van der Waals surface area contributed by atoms with Crippen molar-refractivity contribution in [2.45, 2.75) is 11.4 Å². The Hall–Kier alpha value is -2.61. The molecule has 152 valence electrons. The molecule has 30 heavy (non-hydrogen) atoms. The third-order valence-electron chi connectivity index (χ3n) is 4.52. The summed E-state index contributed by atoms with van der Waals surface area (Å²) in [6, 6.07) is 14.9. The molecule has 0 aliphatic carbocycles. The van der Waals surface area contributed by atoms with E-state index in [2.05, 4.69) is 4.98 Å². The topological polar surface area (TPSA) is 55.3 Å². The van der Waals surface area contributed by atoms with Gasteiger partial charge >= 0.3 is 0 Å². The van der Waals surface area contributed by atoms with Crippen LogP contribution in [0.3, 0.4) is 0 Å². The molecule has 0 bridgehead atoms. The normalized spacial score (nSPS) is 10.9. The van der Waals surface area contributed by atoms with Crippen molar-refractivity contribution in [3.8, 4) is 5.75 Å². The van der Waals surface area contributed by atoms with E-state index in [-0.39, 0.29) is 5.91 Å². The molecule has 0 N–H and O–H groups in total. The summed E-state index contributed by atoms with van der Waals surface area (Å²) in [5.41, 5.74) is 2.15. The van der Waals surface area contributed by atoms with Crippen molar-refractivity contribution in [2.24, 2.45) is 0 Å². The van der Waals surface area contributed by atoms with Gasteiger partial charge in [-0.15, -0.1) is 11.8 Å². The largest absolute Gasteiger partial charge is 0.494 e. The number of amides is 1. The zero-order valence-electron chi connectivity index (χ0n) is 16.3. The average molecular weight is 456 g/mol. The summed E-state index contributed by atoms with van der Waals surface area (Å²) in [5, 5.41) is 1.13. The van der Waals surface area contributed by atoms with Gasteiger partial charge in [0.05, 0.1) is 23.4 Å². The van der Waals surface area contributed by atoms with Gasteiger partial charge in [0.2, 0.25) is 0 Å². The lowest BCUT2D eigenvalue weighted by Gasteiger charge is -2.20. The molecule has 0 atom stereocenters. The molecule has 0 unspecified atom stereocenters. The minimum absolute atomic E-state index is 0.135. The number of methoxy groups -OCH3 is 1. The van der Waals surface area contributed by atoms with Gasteiger partial charge in [-0.3, -0.25) is 14.7 Å². The van der Waals surface area contributed by atoms with E-state index in [1.165, 1.54) is 11.3 Å². The number of benzene rings is 2. The number of anilines is 1. The monoisotopic (exact) mass is 455 g/mol. The molecule has 0 spiro atoms. The third kappa shape index (κ3) is 4.14. The number of halogens is 1. The maximum Gasteiger partial charge on any atom is 0.260 e. The van der Waals surface area contributed by atoms with Crippen LogP contribution in [0.4, 0.5) is 5.13 Å². The first-order valence-electron chi connectivity index (χ1n) is 9.08. The number of rotatable bonds is 6. The van der Waals surface area contributed by atoms with Crippen molar-refractivity contribution in [1.82, 2.24) is 9.97 Å². The molecule has 5 nitrogen and oxygen atoms in total. The molecule has 2 aromatic carbocycles. The summed E-state index contributed by atoms with van der Waals surface area (Å²) < 4.78 is 6.22. The molecule has 4 aromatic rings. The van der Waals surface area contributed by atoms with Gasteiger partial charge in [0.25, 0.3) is 5.91 Å². The van der Waals surface area contributed by atoms with Crippen molar-refractivity contribution in [3.05, 3.63) is 77.1 Å². The maximum atomic E-state index is 13.5. The second-order valence-corrected chi connectivity index (χ2v) is 8.67. The highest BCUT2D eigenvalue weighted by Gasteiger charge is 2.24. The van der Waals surface area contributed by atoms with Crippen LogP contribution in [0.25, 0.3) is 10.2 Å². The Kier molecular flexibility index (Phi) is 6.22. The van der Waals surface area contributed by atoms with E-state index >= 15 is 0 Å². The fraction of sp³-hybridized carbons (Fsp3) is 0.136. The van der Waals surface area contributed by atoms with E-state index < -0.39 is 0 Å². The fourth-order valence-corrected chi connectivity index (χ4v) is 4.75. The number of ether oxygens (including phenoxy) is 1. The molecule has 2 heterocycles. The van der Waals surface area contributed by atoms with E-state index in [0.29, 0.717) is 33.5 Å². The molecule has 0 radical (unpaired) electrons. The molecule has 4 rings (SSSR count). The van der Waals surface area contributed by atoms with Crippen LogP contribution in [-0.2, 0) is 6.54 Å². The maximum absolute atomic E-state index is 13.5. The summed E-state index contributed by atoms with van der Waals surface area (Å²) in [4.78, 5) is 25.1. The van der Waals surface area contributed by atoms with Crippen LogP contribution in [0.1, 0.15) is 15.9 Å². The zero-order chi connectivity index (χ0) is 21.1. The number of aromatic nitrogens is 2. The van der Waals surface area contributed by atoms with E-state index in [1.807, 2.05) is 42.7 Å². The van der Waals surface area contributed by atoms with Crippen LogP contribution in [-0.4, -0.2) is 29.2 Å². The molecule has 8 heteroatoms. The first-order valence-corrected chi connectivity index (χ1v) is 11.5. The van der Waals surface area contributed by atoms with Crippen LogP contribution in [0.5, 0.6) is 5.75 Å². The van der Waals surface area contributed by atoms with Crippen LogP contribution < -0.4 is 9.64 Å². The smallest absolute Gasteiger partial charge is 0.260 e. The van der Waals surface area contributed by atoms with Crippen LogP contribution >= 0.6 is 34.7 Å². The summed E-state index contributed by atoms with van der Waals surface area (Å²) in [6.45, 7) is 0.343. The molecule has 2 aromatic heterocycles. The summed E-state index contributed by atoms with van der Waals surface area (Å²) >= 11 is 9.36. The van der Waals surface area contributed by atoms with Crippen molar-refractivity contribution < 1.29 is 9.53 Å². The van der Waals surface area contributed by atoms with Gasteiger partial charge in [0.15, 0.2) is 5.13 Å². The molecule has 0 fully saturated rings. The van der Waals surface area contributed by atoms with Crippen molar-refractivity contribution in [1.29, 1.82) is 0 Å². The predicted molar refractivity (Wildman–Crippen MR) is 124 cm³/mol. The van der Waals surface area contributed by atoms with Crippen LogP contribution in [0, 0.1) is 0 Å². The minimum atomic E-state index is -0.135. The van der Waals surface area contributed by atoms with Crippen LogP contribution in [0.2, 0.25) is 5.02 Å². The number of pyridine rings is 1. The highest BCUT2D eigenvalue weighted by atomic mass is 35.5. The molecule has 0 saturated heterocycles. The summed E-state index contributed by atoms with van der Waals surface area (Å²) in [7, 11) is 1.59. The molecule has 0 saturated carbocycles. The van der Waals surface area contributed by atoms with Gasteiger partial charge in [-0.1, -0.05) is 35.1 Å². The fourth-order valence-electron chi connectivity index (χ4n) is 3.03. The Morgan fingerprint density at radius 2 is 2.10 bits per heavy atom. The van der Waals surface area contributed by atoms with E-state index in [1.54, 1.807) is 48.3 Å². The quantitative estimate of drug-likeness (QED) is 0.337. The lowest BCUT2D eigenvalue weighted by atomic mass is 10.2. The minimum Gasteiger partial charge on any atom is -0.494 e. The molecule has 0 aliphatic heterocycles. The Bertz CT molecular complexity index is 1200. The first-order chi connectivity index (χ1) is 14.6. The van der Waals surface area contributed by atoms with Gasteiger partial charge in [0.1, 0.15) is 11.3 Å². The number of thioether (sulfide) groups is 1. The van der Waals surface area contributed by atoms with Gasteiger partial charge in [-0.25, -0.2) is 4.98 Å². The van der Waals surface area contributed by atoms with Crippen molar-refractivity contribution >= 4 is 56.0 Å². The predicted octanol–water partition coefficient (Wildman–Crippen LogP) is 5.92. The Balaban J connectivity index is 1.82. The third-order valence-corrected chi connectivity index (χ3v) is 6.79. The van der Waals surface area contributed by atoms with Gasteiger partial charge < -0.3 is 4.74 Å². The number of thiazole rings is 1. The zero-order valence-corrected chi connectivity index (χ0v) is 18.7. The Morgan fingerprint density at radius 1 is 1.23 bits per heavy atom. The number of hydrogen-bond donors (Lipinski definition) is 0. The number of carbonyl (C=O) groups excluding carboxylic acids is 1. The van der Waals surface area contributed by atoms with Gasteiger partial charge in [-0.2, -0.15) is 0 Å². The number of hydrogen-bond acceptors (Lipinski definition) is 6. The standard InChI is InChI=1S/C22H18ClN3O2S2/c1-28-18-9-8-17(23)20-19(18)25-22(30-20)26(13-14-5-4-10-24-12-14)21(27)15-6-3-7-16(11-15)29-2/h3-12H,13H2,1-2H3. The van der Waals surface area contributed by atoms with Crippen molar-refractivity contribution in [3.63, 3.8) is 0 Å². The SMILES string of the molecule is COc1ccc(Cl)c2sc(N(Cc3cccnc3)C(=O)c3cccc(SC)c3)nc12. The van der Waals surface area contributed by atoms with Gasteiger partial charge in [-0.05, 0) is 48.2 Å². The lowest BCUT2D eigenvalue weighted by Crippen LogP contribution is -2.30. The highest BCUT2D eigenvalue weighted by molar-refractivity contribution is 7.98. The Labute approximate surface area is 187 Å². The second-order valence-electron chi connectivity index (χ2n) is 6.41. The number of fused-ring (bicyclic) bond motifs is 1. The molecular weight excluding hydrogens is 438 g/mol. The second kappa shape index (κ2) is 9.04. The highest BCUT2D eigenvalue weighted by Crippen LogP contribution is 2.39. The lowest BCUT2D eigenvalue weighted by molar-refractivity contribution is 0.0985. The number of carbonyl (C=O) groups is 1. The molecule has 0 aliphatic rings. The van der Waals surface area contributed by atoms with E-state index in [4.69, 9.17) is 21.3 Å². The van der Waals surface area contributed by atoms with Crippen LogP contribution in [0.15, 0.2) is 65.8 Å². The Morgan fingerprint density at radius 3 is 2.83 bits per heavy atom. The first kappa shape index (κ1) is 20.7.